The van der Waals surface area contributed by atoms with Crippen molar-refractivity contribution in [2.75, 3.05) is 38.0 Å². The van der Waals surface area contributed by atoms with Gasteiger partial charge in [-0.15, -0.1) is 11.8 Å². The van der Waals surface area contributed by atoms with Gasteiger partial charge in [-0.1, -0.05) is 20.8 Å². The molecular weight excluding hydrogens is 392 g/mol. The summed E-state index contributed by atoms with van der Waals surface area (Å²) in [5.41, 5.74) is -0.420. The van der Waals surface area contributed by atoms with Crippen molar-refractivity contribution in [1.82, 2.24) is 15.0 Å². The molecule has 1 N–H and O–H groups in total. The molecule has 0 fully saturated rings. The monoisotopic (exact) mass is 420 g/mol. The minimum atomic E-state index is -0.655. The normalized spacial score (nSPS) is 11.4. The third kappa shape index (κ3) is 5.50. The highest BCUT2D eigenvalue weighted by atomic mass is 32.2. The highest BCUT2D eigenvalue weighted by Crippen LogP contribution is 2.21. The number of rotatable bonds is 7. The zero-order valence-corrected chi connectivity index (χ0v) is 18.6. The van der Waals surface area contributed by atoms with Crippen molar-refractivity contribution in [2.24, 2.45) is 5.41 Å². The third-order valence-corrected chi connectivity index (χ3v) is 5.03. The first kappa shape index (κ1) is 22.7. The van der Waals surface area contributed by atoms with Gasteiger partial charge in [0.2, 0.25) is 11.3 Å². The molecule has 0 saturated heterocycles. The minimum Gasteiger partial charge on any atom is -0.462 e. The Morgan fingerprint density at radius 2 is 2.00 bits per heavy atom. The number of hydrogen-bond donors (Lipinski definition) is 1. The molecule has 2 rings (SSSR count). The molecule has 0 bridgehead atoms. The number of hydrogen-bond acceptors (Lipinski definition) is 7. The first-order valence-electron chi connectivity index (χ1n) is 9.37. The Morgan fingerprint density at radius 3 is 2.59 bits per heavy atom. The minimum absolute atomic E-state index is 0.0114. The summed E-state index contributed by atoms with van der Waals surface area (Å²) in [6.45, 7) is 7.97. The van der Waals surface area contributed by atoms with E-state index in [2.05, 4.69) is 10.3 Å². The number of pyridine rings is 2. The van der Waals surface area contributed by atoms with Crippen LogP contribution in [0.15, 0.2) is 28.2 Å². The molecule has 0 aromatic carbocycles. The van der Waals surface area contributed by atoms with Crippen molar-refractivity contribution < 1.29 is 14.3 Å². The van der Waals surface area contributed by atoms with Crippen molar-refractivity contribution in [3.05, 3.63) is 34.2 Å². The van der Waals surface area contributed by atoms with E-state index in [-0.39, 0.29) is 18.1 Å². The molecular formula is C20H28N4O4S. The Balaban J connectivity index is 2.29. The van der Waals surface area contributed by atoms with Gasteiger partial charge in [0.1, 0.15) is 5.56 Å². The van der Waals surface area contributed by atoms with Gasteiger partial charge < -0.3 is 15.1 Å². The SMILES string of the molecule is CCOC(=O)c1cn(N(C)C)c2ncc(SCCNC(=O)C(C)(C)C)cc2c1=O. The molecule has 0 atom stereocenters. The number of fused-ring (bicyclic) bond motifs is 1. The Kier molecular flexibility index (Phi) is 7.29. The quantitative estimate of drug-likeness (QED) is 0.416. The van der Waals surface area contributed by atoms with Gasteiger partial charge in [-0.25, -0.2) is 14.5 Å². The second-order valence-electron chi connectivity index (χ2n) is 7.68. The van der Waals surface area contributed by atoms with Crippen molar-refractivity contribution >= 4 is 34.7 Å². The number of nitrogens with one attached hydrogen (secondary N) is 1. The molecule has 1 amide bonds. The molecule has 9 heteroatoms. The van der Waals surface area contributed by atoms with Gasteiger partial charge in [-0.05, 0) is 13.0 Å². The standard InChI is InChI=1S/C20H28N4O4S/c1-7-28-18(26)15-12-24(23(5)6)17-14(16(15)25)10-13(11-22-17)29-9-8-21-19(27)20(2,3)4/h10-12H,7-9H2,1-6H3,(H,21,27). The van der Waals surface area contributed by atoms with Crippen molar-refractivity contribution in [3.8, 4) is 0 Å². The largest absolute Gasteiger partial charge is 0.462 e. The van der Waals surface area contributed by atoms with Crippen molar-refractivity contribution in [1.29, 1.82) is 0 Å². The highest BCUT2D eigenvalue weighted by molar-refractivity contribution is 7.99. The lowest BCUT2D eigenvalue weighted by Gasteiger charge is -2.20. The van der Waals surface area contributed by atoms with Gasteiger partial charge in [-0.2, -0.15) is 0 Å². The van der Waals surface area contributed by atoms with Gasteiger partial charge in [-0.3, -0.25) is 9.59 Å². The van der Waals surface area contributed by atoms with Crippen LogP contribution in [-0.4, -0.2) is 54.5 Å². The summed E-state index contributed by atoms with van der Waals surface area (Å²) in [7, 11) is 3.59. The molecule has 2 aromatic heterocycles. The van der Waals surface area contributed by atoms with E-state index < -0.39 is 16.8 Å². The van der Waals surface area contributed by atoms with Crippen LogP contribution in [0.2, 0.25) is 0 Å². The molecule has 2 heterocycles. The van der Waals surface area contributed by atoms with E-state index in [0.29, 0.717) is 23.3 Å². The van der Waals surface area contributed by atoms with Crippen LogP contribution in [0.25, 0.3) is 11.0 Å². The summed E-state index contributed by atoms with van der Waals surface area (Å²) in [4.78, 5) is 42.2. The number of esters is 1. The number of carbonyl (C=O) groups excluding carboxylic acids is 2. The number of nitrogens with zero attached hydrogens (tertiary/aromatic N) is 3. The number of amides is 1. The summed E-state index contributed by atoms with van der Waals surface area (Å²) < 4.78 is 6.66. The molecule has 8 nitrogen and oxygen atoms in total. The molecule has 0 unspecified atom stereocenters. The molecule has 2 aromatic rings. The van der Waals surface area contributed by atoms with E-state index in [1.807, 2.05) is 20.8 Å². The summed E-state index contributed by atoms with van der Waals surface area (Å²) in [6, 6.07) is 1.73. The van der Waals surface area contributed by atoms with Crippen molar-refractivity contribution in [2.45, 2.75) is 32.6 Å². The average molecular weight is 421 g/mol. The number of aromatic nitrogens is 2. The van der Waals surface area contributed by atoms with Crippen LogP contribution in [0.4, 0.5) is 0 Å². The zero-order valence-electron chi connectivity index (χ0n) is 17.7. The summed E-state index contributed by atoms with van der Waals surface area (Å²) in [5, 5.41) is 4.96. The summed E-state index contributed by atoms with van der Waals surface area (Å²) in [6.07, 6.45) is 3.13. The number of ether oxygens (including phenoxy) is 1. The van der Waals surface area contributed by atoms with E-state index in [9.17, 15) is 14.4 Å². The first-order chi connectivity index (χ1) is 13.6. The maximum absolute atomic E-state index is 12.9. The smallest absolute Gasteiger partial charge is 0.343 e. The second-order valence-corrected chi connectivity index (χ2v) is 8.85. The topological polar surface area (TPSA) is 93.5 Å². The molecule has 158 valence electrons. The molecule has 29 heavy (non-hydrogen) atoms. The second kappa shape index (κ2) is 9.30. The van der Waals surface area contributed by atoms with E-state index >= 15 is 0 Å². The third-order valence-electron chi connectivity index (χ3n) is 4.06. The maximum atomic E-state index is 12.9. The molecule has 0 aliphatic carbocycles. The Labute approximate surface area is 174 Å². The Bertz CT molecular complexity index is 963. The predicted octanol–water partition coefficient (Wildman–Crippen LogP) is 2.03. The van der Waals surface area contributed by atoms with E-state index in [1.54, 1.807) is 43.0 Å². The Hall–Kier alpha value is -2.55. The van der Waals surface area contributed by atoms with E-state index in [4.69, 9.17) is 4.74 Å². The van der Waals surface area contributed by atoms with E-state index in [1.165, 1.54) is 18.0 Å². The van der Waals surface area contributed by atoms with Crippen LogP contribution < -0.4 is 15.8 Å². The fourth-order valence-corrected chi connectivity index (χ4v) is 3.28. The molecule has 0 spiro atoms. The maximum Gasteiger partial charge on any atom is 0.343 e. The van der Waals surface area contributed by atoms with Crippen LogP contribution in [0.5, 0.6) is 0 Å². The van der Waals surface area contributed by atoms with Crippen LogP contribution in [0, 0.1) is 5.41 Å². The Morgan fingerprint density at radius 1 is 1.31 bits per heavy atom. The lowest BCUT2D eigenvalue weighted by atomic mass is 9.96. The predicted molar refractivity (Wildman–Crippen MR) is 115 cm³/mol. The zero-order chi connectivity index (χ0) is 21.8. The molecule has 0 aliphatic heterocycles. The molecule has 0 saturated carbocycles. The summed E-state index contributed by atoms with van der Waals surface area (Å²) >= 11 is 1.48. The van der Waals surface area contributed by atoms with Crippen LogP contribution in [0.1, 0.15) is 38.1 Å². The van der Waals surface area contributed by atoms with Gasteiger partial charge in [0.05, 0.1) is 12.0 Å². The van der Waals surface area contributed by atoms with Crippen LogP contribution in [-0.2, 0) is 9.53 Å². The van der Waals surface area contributed by atoms with Crippen LogP contribution >= 0.6 is 11.8 Å². The van der Waals surface area contributed by atoms with E-state index in [0.717, 1.165) is 4.90 Å². The van der Waals surface area contributed by atoms with Crippen LogP contribution in [0.3, 0.4) is 0 Å². The van der Waals surface area contributed by atoms with Gasteiger partial charge in [0.15, 0.2) is 5.65 Å². The van der Waals surface area contributed by atoms with Gasteiger partial charge >= 0.3 is 5.97 Å². The first-order valence-corrected chi connectivity index (χ1v) is 10.4. The fraction of sp³-hybridized carbons (Fsp3) is 0.500. The number of thioether (sulfide) groups is 1. The fourth-order valence-electron chi connectivity index (χ4n) is 2.51. The number of carbonyl (C=O) groups is 2. The highest BCUT2D eigenvalue weighted by Gasteiger charge is 2.21. The van der Waals surface area contributed by atoms with Crippen molar-refractivity contribution in [3.63, 3.8) is 0 Å². The molecule has 0 radical (unpaired) electrons. The van der Waals surface area contributed by atoms with Gasteiger partial charge in [0, 0.05) is 49.1 Å². The lowest BCUT2D eigenvalue weighted by Crippen LogP contribution is -2.36. The van der Waals surface area contributed by atoms with Gasteiger partial charge in [0.25, 0.3) is 0 Å². The summed E-state index contributed by atoms with van der Waals surface area (Å²) in [5.74, 6) is -0.0327. The molecule has 0 aliphatic rings. The average Bonchev–Trinajstić information content (AvgIpc) is 2.64. The lowest BCUT2D eigenvalue weighted by molar-refractivity contribution is -0.128.